The maximum Gasteiger partial charge on any atom is 0.273 e. The molecule has 0 aromatic carbocycles. The van der Waals surface area contributed by atoms with Crippen molar-refractivity contribution in [2.45, 2.75) is 13.0 Å². The number of amides is 1. The minimum Gasteiger partial charge on any atom is -0.471 e. The van der Waals surface area contributed by atoms with Gasteiger partial charge in [0.2, 0.25) is 5.88 Å². The fraction of sp³-hybridized carbons (Fsp3) is 0.286. The Hall–Kier alpha value is -2.46. The van der Waals surface area contributed by atoms with Crippen LogP contribution in [0.1, 0.15) is 21.1 Å². The number of ether oxygens (including phenoxy) is 1. The molecule has 0 bridgehead atoms. The van der Waals surface area contributed by atoms with E-state index in [9.17, 15) is 4.79 Å². The molecule has 106 valence electrons. The molecule has 1 aliphatic heterocycles. The zero-order valence-corrected chi connectivity index (χ0v) is 12.1. The molecule has 0 aliphatic carbocycles. The molecule has 3 rings (SSSR count). The van der Waals surface area contributed by atoms with E-state index in [1.165, 1.54) is 17.5 Å². The second kappa shape index (κ2) is 5.50. The van der Waals surface area contributed by atoms with Gasteiger partial charge in [0.05, 0.1) is 23.7 Å². The Morgan fingerprint density at radius 1 is 1.52 bits per heavy atom. The number of hydrogen-bond donors (Lipinski definition) is 0. The third kappa shape index (κ3) is 2.85. The second-order valence-corrected chi connectivity index (χ2v) is 5.76. The van der Waals surface area contributed by atoms with Gasteiger partial charge in [0.1, 0.15) is 17.9 Å². The number of carbonyl (C=O) groups is 1. The minimum atomic E-state index is -0.0630. The topological polar surface area (TPSA) is 79.1 Å². The third-order valence-electron chi connectivity index (χ3n) is 3.13. The van der Waals surface area contributed by atoms with Crippen molar-refractivity contribution in [3.63, 3.8) is 0 Å². The molecule has 1 fully saturated rings. The average Bonchev–Trinajstić information content (AvgIpc) is 2.89. The first-order valence-electron chi connectivity index (χ1n) is 6.40. The van der Waals surface area contributed by atoms with Crippen molar-refractivity contribution >= 4 is 17.2 Å². The monoisotopic (exact) mass is 300 g/mol. The van der Waals surface area contributed by atoms with Crippen LogP contribution in [0.25, 0.3) is 0 Å². The van der Waals surface area contributed by atoms with Gasteiger partial charge in [-0.25, -0.2) is 9.97 Å². The van der Waals surface area contributed by atoms with Gasteiger partial charge < -0.3 is 9.64 Å². The molecule has 0 saturated carbocycles. The molecule has 0 atom stereocenters. The lowest BCUT2D eigenvalue weighted by Crippen LogP contribution is -2.56. The van der Waals surface area contributed by atoms with E-state index in [-0.39, 0.29) is 12.0 Å². The van der Waals surface area contributed by atoms with Crippen LogP contribution >= 0.6 is 11.3 Å². The fourth-order valence-corrected chi connectivity index (χ4v) is 2.58. The lowest BCUT2D eigenvalue weighted by molar-refractivity contribution is 0.0156. The van der Waals surface area contributed by atoms with Gasteiger partial charge in [-0.1, -0.05) is 0 Å². The molecule has 1 saturated heterocycles. The Morgan fingerprint density at radius 2 is 2.33 bits per heavy atom. The summed E-state index contributed by atoms with van der Waals surface area (Å²) in [5.41, 5.74) is 0.985. The quantitative estimate of drug-likeness (QED) is 0.860. The number of nitriles is 1. The molecule has 7 heteroatoms. The van der Waals surface area contributed by atoms with E-state index in [1.807, 2.05) is 13.0 Å². The Bertz CT molecular complexity index is 699. The fourth-order valence-electron chi connectivity index (χ4n) is 1.99. The lowest BCUT2D eigenvalue weighted by Gasteiger charge is -2.38. The molecule has 0 N–H and O–H groups in total. The summed E-state index contributed by atoms with van der Waals surface area (Å²) in [5.74, 6) is 0.405. The van der Waals surface area contributed by atoms with Crippen molar-refractivity contribution in [2.75, 3.05) is 13.1 Å². The first-order chi connectivity index (χ1) is 10.2. The van der Waals surface area contributed by atoms with Crippen LogP contribution in [0.3, 0.4) is 0 Å². The van der Waals surface area contributed by atoms with Crippen LogP contribution in [-0.4, -0.2) is 40.0 Å². The number of pyridine rings is 1. The van der Waals surface area contributed by atoms with Crippen LogP contribution in [0, 0.1) is 18.3 Å². The largest absolute Gasteiger partial charge is 0.471 e. The van der Waals surface area contributed by atoms with Crippen LogP contribution in [-0.2, 0) is 0 Å². The summed E-state index contributed by atoms with van der Waals surface area (Å²) in [5, 5.41) is 11.3. The van der Waals surface area contributed by atoms with E-state index >= 15 is 0 Å². The van der Waals surface area contributed by atoms with Gasteiger partial charge in [0.25, 0.3) is 5.91 Å². The number of thiazole rings is 1. The van der Waals surface area contributed by atoms with Crippen molar-refractivity contribution in [1.82, 2.24) is 14.9 Å². The number of rotatable bonds is 3. The van der Waals surface area contributed by atoms with Gasteiger partial charge in [-0.2, -0.15) is 5.26 Å². The van der Waals surface area contributed by atoms with Crippen LogP contribution in [0.2, 0.25) is 0 Å². The van der Waals surface area contributed by atoms with E-state index in [0.29, 0.717) is 30.2 Å². The first kappa shape index (κ1) is 13.5. The van der Waals surface area contributed by atoms with Crippen molar-refractivity contribution < 1.29 is 9.53 Å². The zero-order valence-electron chi connectivity index (χ0n) is 11.3. The second-order valence-electron chi connectivity index (χ2n) is 4.70. The van der Waals surface area contributed by atoms with Gasteiger partial charge in [0.15, 0.2) is 0 Å². The number of likely N-dealkylation sites (tertiary alicyclic amines) is 1. The molecule has 1 amide bonds. The summed E-state index contributed by atoms with van der Waals surface area (Å²) < 4.78 is 5.64. The summed E-state index contributed by atoms with van der Waals surface area (Å²) in [4.78, 5) is 22.0. The summed E-state index contributed by atoms with van der Waals surface area (Å²) >= 11 is 1.47. The SMILES string of the molecule is Cc1nc(C(=O)N2CC(Oc3ccc(C#N)cn3)C2)cs1. The predicted molar refractivity (Wildman–Crippen MR) is 76.1 cm³/mol. The van der Waals surface area contributed by atoms with E-state index in [0.717, 1.165) is 5.01 Å². The molecule has 0 radical (unpaired) electrons. The predicted octanol–water partition coefficient (Wildman–Crippen LogP) is 1.62. The normalized spacial score (nSPS) is 14.4. The average molecular weight is 300 g/mol. The van der Waals surface area contributed by atoms with Crippen LogP contribution in [0.15, 0.2) is 23.7 Å². The Balaban J connectivity index is 1.53. The van der Waals surface area contributed by atoms with E-state index < -0.39 is 0 Å². The van der Waals surface area contributed by atoms with Crippen LogP contribution in [0.4, 0.5) is 0 Å². The molecule has 2 aromatic heterocycles. The highest BCUT2D eigenvalue weighted by Crippen LogP contribution is 2.19. The number of carbonyl (C=O) groups excluding carboxylic acids is 1. The molecule has 6 nitrogen and oxygen atoms in total. The Morgan fingerprint density at radius 3 is 2.90 bits per heavy atom. The summed E-state index contributed by atoms with van der Waals surface area (Å²) in [7, 11) is 0. The van der Waals surface area contributed by atoms with Crippen LogP contribution in [0.5, 0.6) is 5.88 Å². The molecule has 0 spiro atoms. The number of hydrogen-bond acceptors (Lipinski definition) is 6. The number of aromatic nitrogens is 2. The summed E-state index contributed by atoms with van der Waals surface area (Å²) in [6.07, 6.45) is 1.41. The molecular formula is C14H12N4O2S. The zero-order chi connectivity index (χ0) is 14.8. The van der Waals surface area contributed by atoms with E-state index in [2.05, 4.69) is 9.97 Å². The van der Waals surface area contributed by atoms with Crippen molar-refractivity contribution in [3.8, 4) is 11.9 Å². The van der Waals surface area contributed by atoms with Gasteiger partial charge in [0, 0.05) is 17.6 Å². The van der Waals surface area contributed by atoms with Gasteiger partial charge >= 0.3 is 0 Å². The van der Waals surface area contributed by atoms with Gasteiger partial charge in [-0.05, 0) is 13.0 Å². The van der Waals surface area contributed by atoms with E-state index in [1.54, 1.807) is 22.4 Å². The molecule has 21 heavy (non-hydrogen) atoms. The van der Waals surface area contributed by atoms with Crippen LogP contribution < -0.4 is 4.74 Å². The molecule has 2 aromatic rings. The van der Waals surface area contributed by atoms with Gasteiger partial charge in [-0.3, -0.25) is 4.79 Å². The highest BCUT2D eigenvalue weighted by Gasteiger charge is 2.33. The number of aryl methyl sites for hydroxylation is 1. The third-order valence-corrected chi connectivity index (χ3v) is 3.90. The van der Waals surface area contributed by atoms with Crippen molar-refractivity contribution in [1.29, 1.82) is 5.26 Å². The van der Waals surface area contributed by atoms with Crippen molar-refractivity contribution in [3.05, 3.63) is 40.0 Å². The molecule has 0 unspecified atom stereocenters. The molecular weight excluding hydrogens is 288 g/mol. The molecule has 1 aliphatic rings. The van der Waals surface area contributed by atoms with E-state index in [4.69, 9.17) is 10.00 Å². The standard InChI is InChI=1S/C14H12N4O2S/c1-9-17-12(8-21-9)14(19)18-6-11(7-18)20-13-3-2-10(4-15)5-16-13/h2-3,5,8,11H,6-7H2,1H3. The lowest BCUT2D eigenvalue weighted by atomic mass is 10.1. The summed E-state index contributed by atoms with van der Waals surface area (Å²) in [6, 6.07) is 5.31. The Labute approximate surface area is 125 Å². The molecule has 3 heterocycles. The Kier molecular flexibility index (Phi) is 3.54. The summed E-state index contributed by atoms with van der Waals surface area (Å²) in [6.45, 7) is 2.92. The maximum absolute atomic E-state index is 12.1. The van der Waals surface area contributed by atoms with Gasteiger partial charge in [-0.15, -0.1) is 11.3 Å². The smallest absolute Gasteiger partial charge is 0.273 e. The minimum absolute atomic E-state index is 0.0610. The highest BCUT2D eigenvalue weighted by molar-refractivity contribution is 7.09. The van der Waals surface area contributed by atoms with Crippen molar-refractivity contribution in [2.24, 2.45) is 0 Å². The number of nitrogens with zero attached hydrogens (tertiary/aromatic N) is 4. The first-order valence-corrected chi connectivity index (χ1v) is 7.28. The highest BCUT2D eigenvalue weighted by atomic mass is 32.1. The maximum atomic E-state index is 12.1.